The number of benzene rings is 1. The molecule has 0 bridgehead atoms. The largest absolute Gasteiger partial charge is 0.377 e. The van der Waals surface area contributed by atoms with Gasteiger partial charge in [-0.3, -0.25) is 20.1 Å². The second-order valence-corrected chi connectivity index (χ2v) is 4.25. The van der Waals surface area contributed by atoms with Gasteiger partial charge in [-0.05, 0) is 19.9 Å². The van der Waals surface area contributed by atoms with Gasteiger partial charge in [-0.25, -0.2) is 0 Å². The molecule has 0 aliphatic heterocycles. The smallest absolute Gasteiger partial charge is 0.274 e. The number of nitro groups is 1. The molecule has 0 aliphatic carbocycles. The predicted molar refractivity (Wildman–Crippen MR) is 71.9 cm³/mol. The molecule has 6 heteroatoms. The van der Waals surface area contributed by atoms with Crippen LogP contribution in [0.1, 0.15) is 24.2 Å². The molecule has 2 aromatic rings. The molecule has 1 heterocycles. The Balaban J connectivity index is 2.20. The van der Waals surface area contributed by atoms with Crippen molar-refractivity contribution in [1.82, 2.24) is 9.97 Å². The third kappa shape index (κ3) is 3.04. The van der Waals surface area contributed by atoms with Crippen LogP contribution in [0, 0.1) is 17.0 Å². The predicted octanol–water partition coefficient (Wildman–Crippen LogP) is 2.87. The summed E-state index contributed by atoms with van der Waals surface area (Å²) in [4.78, 5) is 18.7. The summed E-state index contributed by atoms with van der Waals surface area (Å²) in [7, 11) is 0. The maximum absolute atomic E-state index is 10.9. The number of rotatable bonds is 4. The fourth-order valence-corrected chi connectivity index (χ4v) is 1.75. The third-order valence-corrected chi connectivity index (χ3v) is 2.82. The second-order valence-electron chi connectivity index (χ2n) is 4.25. The molecule has 1 unspecified atom stereocenters. The van der Waals surface area contributed by atoms with Crippen LogP contribution in [0.2, 0.25) is 0 Å². The number of aryl methyl sites for hydroxylation is 1. The average molecular weight is 258 g/mol. The van der Waals surface area contributed by atoms with Crippen LogP contribution in [-0.2, 0) is 0 Å². The zero-order chi connectivity index (χ0) is 13.8. The molecule has 0 radical (unpaired) electrons. The highest BCUT2D eigenvalue weighted by Crippen LogP contribution is 2.24. The molecule has 1 aromatic heterocycles. The molecule has 0 spiro atoms. The van der Waals surface area contributed by atoms with Gasteiger partial charge in [0.2, 0.25) is 0 Å². The van der Waals surface area contributed by atoms with Gasteiger partial charge in [0.15, 0.2) is 0 Å². The van der Waals surface area contributed by atoms with E-state index in [2.05, 4.69) is 15.3 Å². The summed E-state index contributed by atoms with van der Waals surface area (Å²) in [6, 6.07) is 5.00. The van der Waals surface area contributed by atoms with E-state index < -0.39 is 0 Å². The number of anilines is 1. The van der Waals surface area contributed by atoms with E-state index in [0.717, 1.165) is 5.69 Å². The quantitative estimate of drug-likeness (QED) is 0.673. The van der Waals surface area contributed by atoms with Crippen LogP contribution < -0.4 is 5.32 Å². The van der Waals surface area contributed by atoms with Crippen LogP contribution in [0.25, 0.3) is 0 Å². The van der Waals surface area contributed by atoms with Crippen molar-refractivity contribution in [2.75, 3.05) is 5.32 Å². The van der Waals surface area contributed by atoms with Gasteiger partial charge in [0.25, 0.3) is 5.69 Å². The van der Waals surface area contributed by atoms with Gasteiger partial charge in [-0.2, -0.15) is 0 Å². The molecule has 0 saturated heterocycles. The van der Waals surface area contributed by atoms with E-state index >= 15 is 0 Å². The molecule has 6 nitrogen and oxygen atoms in total. The normalized spacial score (nSPS) is 11.9. The molecule has 0 aliphatic rings. The lowest BCUT2D eigenvalue weighted by Crippen LogP contribution is -2.09. The minimum Gasteiger partial charge on any atom is -0.377 e. The van der Waals surface area contributed by atoms with Gasteiger partial charge in [0.05, 0.1) is 22.9 Å². The van der Waals surface area contributed by atoms with Crippen molar-refractivity contribution in [3.05, 3.63) is 58.2 Å². The second kappa shape index (κ2) is 5.43. The van der Waals surface area contributed by atoms with E-state index in [9.17, 15) is 10.1 Å². The first kappa shape index (κ1) is 12.9. The Labute approximate surface area is 110 Å². The van der Waals surface area contributed by atoms with Gasteiger partial charge >= 0.3 is 0 Å². The summed E-state index contributed by atoms with van der Waals surface area (Å²) < 4.78 is 0. The first-order chi connectivity index (χ1) is 9.08. The van der Waals surface area contributed by atoms with Gasteiger partial charge in [0.1, 0.15) is 0 Å². The lowest BCUT2D eigenvalue weighted by Gasteiger charge is -2.14. The van der Waals surface area contributed by atoms with Crippen molar-refractivity contribution in [3.8, 4) is 0 Å². The fourth-order valence-electron chi connectivity index (χ4n) is 1.75. The first-order valence-electron chi connectivity index (χ1n) is 5.85. The molecular weight excluding hydrogens is 244 g/mol. The van der Waals surface area contributed by atoms with E-state index in [4.69, 9.17) is 0 Å². The number of nitrogens with one attached hydrogen (secondary N) is 1. The topological polar surface area (TPSA) is 81.0 Å². The third-order valence-electron chi connectivity index (χ3n) is 2.82. The highest BCUT2D eigenvalue weighted by Gasteiger charge is 2.13. The molecule has 1 aromatic carbocycles. The van der Waals surface area contributed by atoms with E-state index in [1.807, 2.05) is 13.0 Å². The first-order valence-corrected chi connectivity index (χ1v) is 5.85. The molecule has 98 valence electrons. The Kier molecular flexibility index (Phi) is 3.70. The van der Waals surface area contributed by atoms with Gasteiger partial charge in [-0.1, -0.05) is 6.07 Å². The maximum Gasteiger partial charge on any atom is 0.274 e. The average Bonchev–Trinajstić information content (AvgIpc) is 2.41. The zero-order valence-corrected chi connectivity index (χ0v) is 10.7. The van der Waals surface area contributed by atoms with E-state index in [0.29, 0.717) is 11.3 Å². The van der Waals surface area contributed by atoms with Crippen LogP contribution in [0.15, 0.2) is 36.8 Å². The zero-order valence-electron chi connectivity index (χ0n) is 10.7. The summed E-state index contributed by atoms with van der Waals surface area (Å²) in [6.07, 6.45) is 4.89. The molecule has 2 rings (SSSR count). The van der Waals surface area contributed by atoms with Crippen molar-refractivity contribution in [3.63, 3.8) is 0 Å². The molecule has 0 saturated carbocycles. The number of nitro benzene ring substituents is 1. The molecule has 1 N–H and O–H groups in total. The minimum atomic E-state index is -0.381. The summed E-state index contributed by atoms with van der Waals surface area (Å²) in [5.41, 5.74) is 2.22. The van der Waals surface area contributed by atoms with Gasteiger partial charge in [-0.15, -0.1) is 0 Å². The van der Waals surface area contributed by atoms with Crippen molar-refractivity contribution >= 4 is 11.4 Å². The van der Waals surface area contributed by atoms with Gasteiger partial charge < -0.3 is 5.32 Å². The Hall–Kier alpha value is -2.50. The van der Waals surface area contributed by atoms with Crippen LogP contribution >= 0.6 is 0 Å². The molecule has 19 heavy (non-hydrogen) atoms. The maximum atomic E-state index is 10.9. The molecule has 0 amide bonds. The number of nitrogens with zero attached hydrogens (tertiary/aromatic N) is 3. The van der Waals surface area contributed by atoms with Crippen molar-refractivity contribution < 1.29 is 4.92 Å². The Morgan fingerprint density at radius 2 is 2.16 bits per heavy atom. The fraction of sp³-hybridized carbons (Fsp3) is 0.231. The molecule has 0 fully saturated rings. The summed E-state index contributed by atoms with van der Waals surface area (Å²) in [6.45, 7) is 3.64. The standard InChI is InChI=1S/C13H14N4O2/c1-9-3-4-11(7-13(9)17(18)19)16-10(2)12-8-14-5-6-15-12/h3-8,10,16H,1-2H3. The van der Waals surface area contributed by atoms with Crippen LogP contribution in [0.5, 0.6) is 0 Å². The SMILES string of the molecule is Cc1ccc(NC(C)c2cnccn2)cc1[N+](=O)[O-]. The minimum absolute atomic E-state index is 0.0731. The van der Waals surface area contributed by atoms with E-state index in [1.54, 1.807) is 31.6 Å². The Morgan fingerprint density at radius 1 is 1.37 bits per heavy atom. The lowest BCUT2D eigenvalue weighted by molar-refractivity contribution is -0.385. The van der Waals surface area contributed by atoms with Crippen molar-refractivity contribution in [2.24, 2.45) is 0 Å². The summed E-state index contributed by atoms with van der Waals surface area (Å²) in [5, 5.41) is 14.1. The number of hydrogen-bond acceptors (Lipinski definition) is 5. The highest BCUT2D eigenvalue weighted by atomic mass is 16.6. The molecular formula is C13H14N4O2. The Morgan fingerprint density at radius 3 is 2.79 bits per heavy atom. The Bertz CT molecular complexity index is 586. The van der Waals surface area contributed by atoms with Crippen molar-refractivity contribution in [2.45, 2.75) is 19.9 Å². The lowest BCUT2D eigenvalue weighted by atomic mass is 10.1. The van der Waals surface area contributed by atoms with Crippen LogP contribution in [-0.4, -0.2) is 14.9 Å². The van der Waals surface area contributed by atoms with Crippen molar-refractivity contribution in [1.29, 1.82) is 0 Å². The van der Waals surface area contributed by atoms with Crippen LogP contribution in [0.3, 0.4) is 0 Å². The highest BCUT2D eigenvalue weighted by molar-refractivity contribution is 5.55. The monoisotopic (exact) mass is 258 g/mol. The van der Waals surface area contributed by atoms with Gasteiger partial charge in [0, 0.05) is 29.7 Å². The number of aromatic nitrogens is 2. The summed E-state index contributed by atoms with van der Waals surface area (Å²) >= 11 is 0. The van der Waals surface area contributed by atoms with E-state index in [-0.39, 0.29) is 16.7 Å². The van der Waals surface area contributed by atoms with Crippen LogP contribution in [0.4, 0.5) is 11.4 Å². The van der Waals surface area contributed by atoms with E-state index in [1.165, 1.54) is 6.07 Å². The number of hydrogen-bond donors (Lipinski definition) is 1. The molecule has 1 atom stereocenters. The summed E-state index contributed by atoms with van der Waals surface area (Å²) in [5.74, 6) is 0.